The van der Waals surface area contributed by atoms with Gasteiger partial charge in [0.25, 0.3) is 0 Å². The minimum atomic E-state index is 0.414. The Morgan fingerprint density at radius 1 is 1.05 bits per heavy atom. The van der Waals surface area contributed by atoms with Gasteiger partial charge in [0, 0.05) is 6.04 Å². The largest absolute Gasteiger partial charge is 0.456 e. The molecule has 2 aromatic rings. The lowest BCUT2D eigenvalue weighted by Crippen LogP contribution is -2.19. The van der Waals surface area contributed by atoms with Crippen LogP contribution in [0.25, 0.3) is 0 Å². The number of para-hydroxylation sites is 1. The van der Waals surface area contributed by atoms with E-state index in [0.717, 1.165) is 28.9 Å². The van der Waals surface area contributed by atoms with Crippen molar-refractivity contribution in [3.8, 4) is 11.5 Å². The van der Waals surface area contributed by atoms with Crippen LogP contribution in [0, 0.1) is 0 Å². The molecule has 0 aliphatic carbocycles. The first-order chi connectivity index (χ1) is 9.74. The van der Waals surface area contributed by atoms with E-state index in [1.807, 2.05) is 36.4 Å². The molecule has 0 aliphatic heterocycles. The van der Waals surface area contributed by atoms with Crippen molar-refractivity contribution in [2.45, 2.75) is 26.3 Å². The van der Waals surface area contributed by atoms with Crippen LogP contribution in [0.5, 0.6) is 11.5 Å². The van der Waals surface area contributed by atoms with Gasteiger partial charge in [-0.05, 0) is 58.7 Å². The minimum Gasteiger partial charge on any atom is -0.456 e. The van der Waals surface area contributed by atoms with Gasteiger partial charge < -0.3 is 10.1 Å². The second-order valence-corrected chi connectivity index (χ2v) is 5.47. The van der Waals surface area contributed by atoms with Crippen LogP contribution < -0.4 is 10.1 Å². The molecule has 1 atom stereocenters. The highest BCUT2D eigenvalue weighted by molar-refractivity contribution is 9.10. The van der Waals surface area contributed by atoms with Crippen molar-refractivity contribution in [3.05, 3.63) is 58.6 Å². The molecule has 3 heteroatoms. The van der Waals surface area contributed by atoms with Crippen molar-refractivity contribution in [2.24, 2.45) is 0 Å². The molecule has 0 aromatic heterocycles. The summed E-state index contributed by atoms with van der Waals surface area (Å²) in [6.45, 7) is 5.31. The van der Waals surface area contributed by atoms with Gasteiger partial charge in [0.2, 0.25) is 0 Å². The van der Waals surface area contributed by atoms with Gasteiger partial charge in [0.1, 0.15) is 11.5 Å². The number of hydrogen-bond donors (Lipinski definition) is 1. The van der Waals surface area contributed by atoms with E-state index in [2.05, 4.69) is 47.2 Å². The topological polar surface area (TPSA) is 21.3 Å². The van der Waals surface area contributed by atoms with E-state index in [4.69, 9.17) is 4.74 Å². The standard InChI is InChI=1S/C17H20BrNO/c1-3-16(19-4-2)13-9-11-14(12-10-13)20-17-8-6-5-7-15(17)18/h5-12,16,19H,3-4H2,1-2H3. The zero-order valence-electron chi connectivity index (χ0n) is 11.9. The maximum atomic E-state index is 5.87. The van der Waals surface area contributed by atoms with Crippen LogP contribution in [0.3, 0.4) is 0 Å². The Labute approximate surface area is 129 Å². The molecule has 1 unspecified atom stereocenters. The molecule has 0 heterocycles. The van der Waals surface area contributed by atoms with Crippen molar-refractivity contribution in [3.63, 3.8) is 0 Å². The summed E-state index contributed by atoms with van der Waals surface area (Å²) in [4.78, 5) is 0. The average molecular weight is 334 g/mol. The van der Waals surface area contributed by atoms with E-state index < -0.39 is 0 Å². The number of hydrogen-bond acceptors (Lipinski definition) is 2. The Balaban J connectivity index is 2.10. The lowest BCUT2D eigenvalue weighted by atomic mass is 10.0. The molecule has 0 amide bonds. The van der Waals surface area contributed by atoms with E-state index in [1.54, 1.807) is 0 Å². The van der Waals surface area contributed by atoms with Gasteiger partial charge in [0.15, 0.2) is 0 Å². The fourth-order valence-electron chi connectivity index (χ4n) is 2.17. The molecule has 0 saturated carbocycles. The fourth-order valence-corrected chi connectivity index (χ4v) is 2.53. The third-order valence-electron chi connectivity index (χ3n) is 3.21. The van der Waals surface area contributed by atoms with E-state index in [-0.39, 0.29) is 0 Å². The Hall–Kier alpha value is -1.32. The first kappa shape index (κ1) is 15.1. The molecule has 0 saturated heterocycles. The molecule has 1 N–H and O–H groups in total. The summed E-state index contributed by atoms with van der Waals surface area (Å²) in [5, 5.41) is 3.48. The number of benzene rings is 2. The first-order valence-electron chi connectivity index (χ1n) is 7.00. The molecule has 106 valence electrons. The second kappa shape index (κ2) is 7.46. The molecule has 0 radical (unpaired) electrons. The van der Waals surface area contributed by atoms with Crippen LogP contribution in [0.2, 0.25) is 0 Å². The van der Waals surface area contributed by atoms with Gasteiger partial charge in [-0.1, -0.05) is 38.1 Å². The SMILES string of the molecule is CCNC(CC)c1ccc(Oc2ccccc2Br)cc1. The van der Waals surface area contributed by atoms with E-state index in [1.165, 1.54) is 5.56 Å². The molecule has 0 aliphatic rings. The normalized spacial score (nSPS) is 12.2. The molecule has 2 aromatic carbocycles. The third kappa shape index (κ3) is 3.84. The maximum Gasteiger partial charge on any atom is 0.141 e. The zero-order valence-corrected chi connectivity index (χ0v) is 13.5. The number of halogens is 1. The van der Waals surface area contributed by atoms with Crippen LogP contribution in [0.4, 0.5) is 0 Å². The lowest BCUT2D eigenvalue weighted by molar-refractivity contribution is 0.478. The van der Waals surface area contributed by atoms with Crippen LogP contribution in [-0.4, -0.2) is 6.54 Å². The Morgan fingerprint density at radius 3 is 2.35 bits per heavy atom. The van der Waals surface area contributed by atoms with Gasteiger partial charge in [0.05, 0.1) is 4.47 Å². The van der Waals surface area contributed by atoms with Crippen molar-refractivity contribution >= 4 is 15.9 Å². The summed E-state index contributed by atoms with van der Waals surface area (Å²) >= 11 is 3.49. The second-order valence-electron chi connectivity index (χ2n) is 4.62. The van der Waals surface area contributed by atoms with E-state index in [9.17, 15) is 0 Å². The van der Waals surface area contributed by atoms with Crippen molar-refractivity contribution in [1.82, 2.24) is 5.32 Å². The molecular formula is C17H20BrNO. The Morgan fingerprint density at radius 2 is 1.75 bits per heavy atom. The van der Waals surface area contributed by atoms with Crippen molar-refractivity contribution in [2.75, 3.05) is 6.54 Å². The number of rotatable bonds is 6. The molecule has 2 nitrogen and oxygen atoms in total. The summed E-state index contributed by atoms with van der Waals surface area (Å²) in [6, 6.07) is 16.6. The van der Waals surface area contributed by atoms with Crippen LogP contribution in [-0.2, 0) is 0 Å². The van der Waals surface area contributed by atoms with Crippen LogP contribution in [0.1, 0.15) is 31.9 Å². The average Bonchev–Trinajstić information content (AvgIpc) is 2.48. The summed E-state index contributed by atoms with van der Waals surface area (Å²) in [5.74, 6) is 1.69. The van der Waals surface area contributed by atoms with E-state index in [0.29, 0.717) is 6.04 Å². The van der Waals surface area contributed by atoms with Crippen LogP contribution in [0.15, 0.2) is 53.0 Å². The molecule has 20 heavy (non-hydrogen) atoms. The fraction of sp³-hybridized carbons (Fsp3) is 0.294. The predicted octanol–water partition coefficient (Wildman–Crippen LogP) is 5.30. The zero-order chi connectivity index (χ0) is 14.4. The highest BCUT2D eigenvalue weighted by Gasteiger charge is 2.08. The molecule has 0 bridgehead atoms. The minimum absolute atomic E-state index is 0.414. The first-order valence-corrected chi connectivity index (χ1v) is 7.79. The van der Waals surface area contributed by atoms with Gasteiger partial charge in [-0.3, -0.25) is 0 Å². The monoisotopic (exact) mass is 333 g/mol. The summed E-state index contributed by atoms with van der Waals surface area (Å²) in [6.07, 6.45) is 1.08. The highest BCUT2D eigenvalue weighted by atomic mass is 79.9. The van der Waals surface area contributed by atoms with Crippen LogP contribution >= 0.6 is 15.9 Å². The van der Waals surface area contributed by atoms with Gasteiger partial charge in [-0.25, -0.2) is 0 Å². The summed E-state index contributed by atoms with van der Waals surface area (Å²) in [7, 11) is 0. The number of ether oxygens (including phenoxy) is 1. The lowest BCUT2D eigenvalue weighted by Gasteiger charge is -2.16. The smallest absolute Gasteiger partial charge is 0.141 e. The summed E-state index contributed by atoms with van der Waals surface area (Å²) in [5.41, 5.74) is 1.30. The number of nitrogens with one attached hydrogen (secondary N) is 1. The molecule has 0 spiro atoms. The maximum absolute atomic E-state index is 5.87. The highest BCUT2D eigenvalue weighted by Crippen LogP contribution is 2.30. The van der Waals surface area contributed by atoms with Gasteiger partial charge in [-0.15, -0.1) is 0 Å². The van der Waals surface area contributed by atoms with Crippen molar-refractivity contribution < 1.29 is 4.74 Å². The van der Waals surface area contributed by atoms with Gasteiger partial charge >= 0.3 is 0 Å². The summed E-state index contributed by atoms with van der Waals surface area (Å²) < 4.78 is 6.83. The Bertz CT molecular complexity index is 539. The predicted molar refractivity (Wildman–Crippen MR) is 87.4 cm³/mol. The quantitative estimate of drug-likeness (QED) is 0.774. The van der Waals surface area contributed by atoms with Gasteiger partial charge in [-0.2, -0.15) is 0 Å². The van der Waals surface area contributed by atoms with E-state index >= 15 is 0 Å². The van der Waals surface area contributed by atoms with Crippen molar-refractivity contribution in [1.29, 1.82) is 0 Å². The molecule has 0 fully saturated rings. The molecular weight excluding hydrogens is 314 g/mol. The Kier molecular flexibility index (Phi) is 5.62. The third-order valence-corrected chi connectivity index (χ3v) is 3.86. The molecule has 2 rings (SSSR count).